The lowest BCUT2D eigenvalue weighted by Gasteiger charge is -2.20. The first-order valence-corrected chi connectivity index (χ1v) is 7.73. The Kier molecular flexibility index (Phi) is 5.54. The molecule has 106 valence electrons. The number of thiol groups is 1. The van der Waals surface area contributed by atoms with Crippen LogP contribution in [0.1, 0.15) is 13.8 Å². The molecule has 0 spiro atoms. The van der Waals surface area contributed by atoms with Crippen LogP contribution in [0.3, 0.4) is 0 Å². The Morgan fingerprint density at radius 3 is 2.25 bits per heavy atom. The van der Waals surface area contributed by atoms with Crippen molar-refractivity contribution in [3.05, 3.63) is 54.6 Å². The fourth-order valence-electron chi connectivity index (χ4n) is 2.10. The molecule has 0 radical (unpaired) electrons. The van der Waals surface area contributed by atoms with Gasteiger partial charge < -0.3 is 4.74 Å². The first kappa shape index (κ1) is 15.0. The number of rotatable bonds is 6. The van der Waals surface area contributed by atoms with Gasteiger partial charge in [-0.2, -0.15) is 12.6 Å². The minimum atomic E-state index is 0.474. The Hall–Kier alpha value is -1.41. The molecule has 0 heterocycles. The van der Waals surface area contributed by atoms with Crippen molar-refractivity contribution >= 4 is 12.6 Å². The molecular formula is C18H22OS. The highest BCUT2D eigenvalue weighted by Gasteiger charge is 2.13. The maximum absolute atomic E-state index is 6.06. The van der Waals surface area contributed by atoms with Crippen molar-refractivity contribution in [2.24, 2.45) is 11.8 Å². The minimum absolute atomic E-state index is 0.474. The zero-order valence-corrected chi connectivity index (χ0v) is 13.0. The molecule has 1 unspecified atom stereocenters. The summed E-state index contributed by atoms with van der Waals surface area (Å²) in [5, 5.41) is 0. The number of para-hydroxylation sites is 1. The normalized spacial score (nSPS) is 12.4. The van der Waals surface area contributed by atoms with Gasteiger partial charge in [-0.1, -0.05) is 62.4 Å². The van der Waals surface area contributed by atoms with Crippen LogP contribution in [0.25, 0.3) is 11.1 Å². The molecule has 0 aliphatic carbocycles. The highest BCUT2D eigenvalue weighted by molar-refractivity contribution is 7.80. The van der Waals surface area contributed by atoms with E-state index >= 15 is 0 Å². The van der Waals surface area contributed by atoms with Crippen LogP contribution in [-0.4, -0.2) is 12.4 Å². The molecule has 2 aromatic rings. The van der Waals surface area contributed by atoms with E-state index in [9.17, 15) is 0 Å². The monoisotopic (exact) mass is 286 g/mol. The van der Waals surface area contributed by atoms with Gasteiger partial charge in [-0.05, 0) is 23.3 Å². The fourth-order valence-corrected chi connectivity index (χ4v) is 2.63. The Bertz CT molecular complexity index is 522. The van der Waals surface area contributed by atoms with Crippen molar-refractivity contribution in [2.45, 2.75) is 13.8 Å². The molecule has 0 aromatic heterocycles. The summed E-state index contributed by atoms with van der Waals surface area (Å²) in [5.74, 6) is 2.86. The van der Waals surface area contributed by atoms with E-state index in [-0.39, 0.29) is 0 Å². The third-order valence-electron chi connectivity index (χ3n) is 3.60. The molecule has 0 aliphatic heterocycles. The van der Waals surface area contributed by atoms with Crippen molar-refractivity contribution in [3.63, 3.8) is 0 Å². The largest absolute Gasteiger partial charge is 0.493 e. The summed E-state index contributed by atoms with van der Waals surface area (Å²) in [6.45, 7) is 5.14. The molecule has 0 bridgehead atoms. The Balaban J connectivity index is 2.17. The maximum Gasteiger partial charge on any atom is 0.127 e. The van der Waals surface area contributed by atoms with Crippen LogP contribution in [0.4, 0.5) is 0 Å². The van der Waals surface area contributed by atoms with Gasteiger partial charge in [-0.3, -0.25) is 0 Å². The number of hydrogen-bond donors (Lipinski definition) is 1. The van der Waals surface area contributed by atoms with Crippen molar-refractivity contribution < 1.29 is 4.74 Å². The fraction of sp³-hybridized carbons (Fsp3) is 0.333. The Morgan fingerprint density at radius 1 is 0.950 bits per heavy atom. The van der Waals surface area contributed by atoms with E-state index in [0.29, 0.717) is 18.4 Å². The predicted octanol–water partition coefficient (Wildman–Crippen LogP) is 4.93. The van der Waals surface area contributed by atoms with Crippen LogP contribution in [-0.2, 0) is 0 Å². The Labute approximate surface area is 127 Å². The van der Waals surface area contributed by atoms with Gasteiger partial charge in [-0.25, -0.2) is 0 Å². The smallest absolute Gasteiger partial charge is 0.127 e. The number of benzene rings is 2. The predicted molar refractivity (Wildman–Crippen MR) is 89.6 cm³/mol. The lowest BCUT2D eigenvalue weighted by molar-refractivity contribution is 0.228. The molecule has 2 aromatic carbocycles. The Morgan fingerprint density at radius 2 is 1.60 bits per heavy atom. The van der Waals surface area contributed by atoms with E-state index in [1.165, 1.54) is 5.56 Å². The summed E-state index contributed by atoms with van der Waals surface area (Å²) in [6.07, 6.45) is 0. The second kappa shape index (κ2) is 7.39. The zero-order chi connectivity index (χ0) is 14.4. The third-order valence-corrected chi connectivity index (χ3v) is 4.07. The van der Waals surface area contributed by atoms with E-state index in [0.717, 1.165) is 17.1 Å². The van der Waals surface area contributed by atoms with E-state index < -0.39 is 0 Å². The SMILES string of the molecule is CC(C)C(CS)COc1ccccc1-c1ccccc1. The number of hydrogen-bond acceptors (Lipinski definition) is 2. The molecule has 2 rings (SSSR count). The van der Waals surface area contributed by atoms with Crippen LogP contribution >= 0.6 is 12.6 Å². The van der Waals surface area contributed by atoms with Crippen LogP contribution in [0, 0.1) is 11.8 Å². The van der Waals surface area contributed by atoms with Gasteiger partial charge in [0.05, 0.1) is 6.61 Å². The van der Waals surface area contributed by atoms with Gasteiger partial charge >= 0.3 is 0 Å². The summed E-state index contributed by atoms with van der Waals surface area (Å²) >= 11 is 4.42. The van der Waals surface area contributed by atoms with Crippen molar-refractivity contribution in [1.29, 1.82) is 0 Å². The van der Waals surface area contributed by atoms with Gasteiger partial charge in [0.1, 0.15) is 5.75 Å². The highest BCUT2D eigenvalue weighted by atomic mass is 32.1. The van der Waals surface area contributed by atoms with Gasteiger partial charge in [0.2, 0.25) is 0 Å². The van der Waals surface area contributed by atoms with E-state index in [1.807, 2.05) is 24.3 Å². The van der Waals surface area contributed by atoms with Crippen molar-refractivity contribution in [1.82, 2.24) is 0 Å². The van der Waals surface area contributed by atoms with Gasteiger partial charge in [-0.15, -0.1) is 0 Å². The summed E-state index contributed by atoms with van der Waals surface area (Å²) in [5.41, 5.74) is 2.34. The molecule has 0 amide bonds. The van der Waals surface area contributed by atoms with Crippen LogP contribution in [0.15, 0.2) is 54.6 Å². The van der Waals surface area contributed by atoms with Crippen molar-refractivity contribution in [3.8, 4) is 16.9 Å². The van der Waals surface area contributed by atoms with E-state index in [1.54, 1.807) is 0 Å². The number of ether oxygens (including phenoxy) is 1. The zero-order valence-electron chi connectivity index (χ0n) is 12.1. The summed E-state index contributed by atoms with van der Waals surface area (Å²) in [4.78, 5) is 0. The second-order valence-corrected chi connectivity index (χ2v) is 5.73. The lowest BCUT2D eigenvalue weighted by Crippen LogP contribution is -2.19. The topological polar surface area (TPSA) is 9.23 Å². The minimum Gasteiger partial charge on any atom is -0.493 e. The molecule has 0 aliphatic rings. The molecule has 2 heteroatoms. The van der Waals surface area contributed by atoms with E-state index in [2.05, 4.69) is 56.8 Å². The molecule has 1 atom stereocenters. The average Bonchev–Trinajstić information content (AvgIpc) is 2.49. The lowest BCUT2D eigenvalue weighted by atomic mass is 9.99. The molecule has 0 fully saturated rings. The molecule has 0 saturated heterocycles. The van der Waals surface area contributed by atoms with Crippen LogP contribution in [0.2, 0.25) is 0 Å². The van der Waals surface area contributed by atoms with Gasteiger partial charge in [0.25, 0.3) is 0 Å². The quantitative estimate of drug-likeness (QED) is 0.740. The maximum atomic E-state index is 6.06. The first-order chi connectivity index (χ1) is 9.72. The highest BCUT2D eigenvalue weighted by Crippen LogP contribution is 2.30. The second-order valence-electron chi connectivity index (χ2n) is 5.36. The molecule has 0 N–H and O–H groups in total. The van der Waals surface area contributed by atoms with Gasteiger partial charge in [0, 0.05) is 11.5 Å². The molecule has 1 nitrogen and oxygen atoms in total. The standard InChI is InChI=1S/C18H22OS/c1-14(2)16(13-20)12-19-18-11-7-6-10-17(18)15-8-4-3-5-9-15/h3-11,14,16,20H,12-13H2,1-2H3. The summed E-state index contributed by atoms with van der Waals surface area (Å²) < 4.78 is 6.06. The third kappa shape index (κ3) is 3.80. The summed E-state index contributed by atoms with van der Waals surface area (Å²) in [6, 6.07) is 18.6. The first-order valence-electron chi connectivity index (χ1n) is 7.10. The average molecular weight is 286 g/mol. The molecule has 0 saturated carbocycles. The van der Waals surface area contributed by atoms with Crippen LogP contribution < -0.4 is 4.74 Å². The molecular weight excluding hydrogens is 264 g/mol. The van der Waals surface area contributed by atoms with Crippen LogP contribution in [0.5, 0.6) is 5.75 Å². The van der Waals surface area contributed by atoms with Crippen molar-refractivity contribution in [2.75, 3.05) is 12.4 Å². The summed E-state index contributed by atoms with van der Waals surface area (Å²) in [7, 11) is 0. The molecule has 20 heavy (non-hydrogen) atoms. The van der Waals surface area contributed by atoms with Gasteiger partial charge in [0.15, 0.2) is 0 Å². The van der Waals surface area contributed by atoms with E-state index in [4.69, 9.17) is 4.74 Å².